The number of hydrogen-bond acceptors (Lipinski definition) is 4. The van der Waals surface area contributed by atoms with Crippen molar-refractivity contribution < 1.29 is 4.79 Å². The number of carbonyl (C=O) groups is 1. The highest BCUT2D eigenvalue weighted by molar-refractivity contribution is 5.79. The van der Waals surface area contributed by atoms with Gasteiger partial charge in [0, 0.05) is 39.6 Å². The van der Waals surface area contributed by atoms with E-state index in [1.165, 1.54) is 11.4 Å². The van der Waals surface area contributed by atoms with Crippen LogP contribution >= 0.6 is 0 Å². The smallest absolute Gasteiger partial charge is 0.222 e. The molecule has 0 saturated heterocycles. The zero-order valence-electron chi connectivity index (χ0n) is 13.0. The first-order chi connectivity index (χ1) is 10.2. The largest absolute Gasteiger partial charge is 0.371 e. The molecule has 0 aromatic heterocycles. The molecule has 1 atom stereocenters. The summed E-state index contributed by atoms with van der Waals surface area (Å²) in [4.78, 5) is 16.5. The predicted molar refractivity (Wildman–Crippen MR) is 87.8 cm³/mol. The van der Waals surface area contributed by atoms with Crippen LogP contribution in [0.1, 0.15) is 19.8 Å². The average Bonchev–Trinajstić information content (AvgIpc) is 2.51. The van der Waals surface area contributed by atoms with Crippen molar-refractivity contribution in [3.8, 4) is 0 Å². The Morgan fingerprint density at radius 2 is 2.05 bits per heavy atom. The second-order valence-corrected chi connectivity index (χ2v) is 5.55. The van der Waals surface area contributed by atoms with Gasteiger partial charge in [0.25, 0.3) is 0 Å². The molecular weight excluding hydrogens is 264 g/mol. The van der Waals surface area contributed by atoms with Crippen LogP contribution in [0.4, 0.5) is 11.4 Å². The monoisotopic (exact) mass is 290 g/mol. The molecule has 1 unspecified atom stereocenters. The fraction of sp³-hybridized carbons (Fsp3) is 0.562. The lowest BCUT2D eigenvalue weighted by Crippen LogP contribution is -2.49. The van der Waals surface area contributed by atoms with Crippen LogP contribution in [0, 0.1) is 0 Å². The number of anilines is 2. The Morgan fingerprint density at radius 3 is 2.71 bits per heavy atom. The molecule has 1 aromatic carbocycles. The minimum atomic E-state index is 0.0525. The molecule has 1 aromatic rings. The van der Waals surface area contributed by atoms with Crippen LogP contribution in [-0.2, 0) is 4.79 Å². The molecule has 0 spiro atoms. The van der Waals surface area contributed by atoms with E-state index in [-0.39, 0.29) is 11.9 Å². The van der Waals surface area contributed by atoms with Crippen molar-refractivity contribution in [2.24, 2.45) is 5.73 Å². The zero-order valence-corrected chi connectivity index (χ0v) is 13.0. The Kier molecular flexibility index (Phi) is 5.44. The summed E-state index contributed by atoms with van der Waals surface area (Å²) < 4.78 is 0. The first-order valence-corrected chi connectivity index (χ1v) is 7.71. The number of nitrogens with one attached hydrogen (secondary N) is 1. The molecule has 0 bridgehead atoms. The van der Waals surface area contributed by atoms with Crippen LogP contribution in [0.2, 0.25) is 0 Å². The number of hydrogen-bond donors (Lipinski definition) is 2. The molecular formula is C16H26N4O. The van der Waals surface area contributed by atoms with Gasteiger partial charge >= 0.3 is 0 Å². The van der Waals surface area contributed by atoms with E-state index < -0.39 is 0 Å². The van der Waals surface area contributed by atoms with Crippen molar-refractivity contribution in [3.05, 3.63) is 24.3 Å². The minimum Gasteiger partial charge on any atom is -0.371 e. The van der Waals surface area contributed by atoms with Gasteiger partial charge in [0.2, 0.25) is 5.91 Å². The van der Waals surface area contributed by atoms with Crippen LogP contribution < -0.4 is 20.9 Å². The van der Waals surface area contributed by atoms with Gasteiger partial charge in [0.05, 0.1) is 17.4 Å². The van der Waals surface area contributed by atoms with E-state index in [0.29, 0.717) is 13.0 Å². The number of amides is 1. The van der Waals surface area contributed by atoms with Gasteiger partial charge in [0.1, 0.15) is 0 Å². The molecule has 3 N–H and O–H groups in total. The fourth-order valence-corrected chi connectivity index (χ4v) is 2.78. The normalized spacial score (nSPS) is 15.6. The van der Waals surface area contributed by atoms with E-state index in [4.69, 9.17) is 5.73 Å². The quantitative estimate of drug-likeness (QED) is 0.826. The van der Waals surface area contributed by atoms with Gasteiger partial charge in [-0.25, -0.2) is 0 Å². The number of nitrogens with zero attached hydrogens (tertiary/aromatic N) is 2. The SMILES string of the molecule is CCCNC(=O)CC(CN)N1CCN(C)c2ccccc21. The average molecular weight is 290 g/mol. The second kappa shape index (κ2) is 7.31. The van der Waals surface area contributed by atoms with Gasteiger partial charge in [0.15, 0.2) is 0 Å². The van der Waals surface area contributed by atoms with Gasteiger partial charge in [-0.15, -0.1) is 0 Å². The van der Waals surface area contributed by atoms with E-state index in [9.17, 15) is 4.79 Å². The number of fused-ring (bicyclic) bond motifs is 1. The number of para-hydroxylation sites is 2. The third kappa shape index (κ3) is 3.67. The maximum atomic E-state index is 12.0. The van der Waals surface area contributed by atoms with E-state index >= 15 is 0 Å². The topological polar surface area (TPSA) is 61.6 Å². The second-order valence-electron chi connectivity index (χ2n) is 5.55. The zero-order chi connectivity index (χ0) is 15.2. The Bertz CT molecular complexity index is 477. The highest BCUT2D eigenvalue weighted by Gasteiger charge is 2.26. The van der Waals surface area contributed by atoms with Crippen molar-refractivity contribution >= 4 is 17.3 Å². The van der Waals surface area contributed by atoms with E-state index in [2.05, 4.69) is 41.2 Å². The summed E-state index contributed by atoms with van der Waals surface area (Å²) in [5.74, 6) is 0.0868. The van der Waals surface area contributed by atoms with Crippen molar-refractivity contribution in [1.29, 1.82) is 0 Å². The third-order valence-corrected chi connectivity index (χ3v) is 3.98. The van der Waals surface area contributed by atoms with Gasteiger partial charge in [-0.2, -0.15) is 0 Å². The molecule has 116 valence electrons. The molecule has 0 fully saturated rings. The van der Waals surface area contributed by atoms with Crippen LogP contribution in [0.25, 0.3) is 0 Å². The maximum Gasteiger partial charge on any atom is 0.222 e. The minimum absolute atomic E-state index is 0.0525. The summed E-state index contributed by atoms with van der Waals surface area (Å²) >= 11 is 0. The molecule has 1 aliphatic heterocycles. The molecule has 5 heteroatoms. The van der Waals surface area contributed by atoms with Crippen molar-refractivity contribution in [1.82, 2.24) is 5.32 Å². The number of benzene rings is 1. The molecule has 0 aliphatic carbocycles. The first-order valence-electron chi connectivity index (χ1n) is 7.71. The first kappa shape index (κ1) is 15.6. The standard InChI is InChI=1S/C16H26N4O/c1-3-8-18-16(21)11-13(12-17)20-10-9-19(2)14-6-4-5-7-15(14)20/h4-7,13H,3,8-12,17H2,1-2H3,(H,18,21). The summed E-state index contributed by atoms with van der Waals surface area (Å²) in [6, 6.07) is 8.36. The summed E-state index contributed by atoms with van der Waals surface area (Å²) in [6.07, 6.45) is 1.41. The predicted octanol–water partition coefficient (Wildman–Crippen LogP) is 1.19. The highest BCUT2D eigenvalue weighted by atomic mass is 16.1. The van der Waals surface area contributed by atoms with Crippen molar-refractivity contribution in [3.63, 3.8) is 0 Å². The number of likely N-dealkylation sites (N-methyl/N-ethyl adjacent to an activating group) is 1. The lowest BCUT2D eigenvalue weighted by atomic mass is 10.1. The Labute approximate surface area is 127 Å². The van der Waals surface area contributed by atoms with Crippen LogP contribution in [0.15, 0.2) is 24.3 Å². The molecule has 1 heterocycles. The summed E-state index contributed by atoms with van der Waals surface area (Å²) in [6.45, 7) is 5.12. The molecule has 5 nitrogen and oxygen atoms in total. The number of nitrogens with two attached hydrogens (primary N) is 1. The summed E-state index contributed by atoms with van der Waals surface area (Å²) in [7, 11) is 2.10. The lowest BCUT2D eigenvalue weighted by Gasteiger charge is -2.41. The Balaban J connectivity index is 2.12. The molecule has 21 heavy (non-hydrogen) atoms. The third-order valence-electron chi connectivity index (χ3n) is 3.98. The molecule has 0 radical (unpaired) electrons. The number of carbonyl (C=O) groups excluding carboxylic acids is 1. The van der Waals surface area contributed by atoms with E-state index in [1.54, 1.807) is 0 Å². The Hall–Kier alpha value is -1.75. The van der Waals surface area contributed by atoms with Crippen LogP contribution in [0.3, 0.4) is 0 Å². The molecule has 0 saturated carbocycles. The lowest BCUT2D eigenvalue weighted by molar-refractivity contribution is -0.121. The van der Waals surface area contributed by atoms with E-state index in [1.807, 2.05) is 12.1 Å². The number of rotatable bonds is 6. The van der Waals surface area contributed by atoms with Gasteiger partial charge in [-0.3, -0.25) is 4.79 Å². The van der Waals surface area contributed by atoms with Crippen molar-refractivity contribution in [2.45, 2.75) is 25.8 Å². The summed E-state index contributed by atoms with van der Waals surface area (Å²) in [5, 5.41) is 2.94. The highest BCUT2D eigenvalue weighted by Crippen LogP contribution is 2.33. The molecule has 1 amide bonds. The molecule has 1 aliphatic rings. The van der Waals surface area contributed by atoms with Crippen molar-refractivity contribution in [2.75, 3.05) is 43.0 Å². The fourth-order valence-electron chi connectivity index (χ4n) is 2.78. The van der Waals surface area contributed by atoms with Crippen LogP contribution in [-0.4, -0.2) is 45.2 Å². The molecule has 2 rings (SSSR count). The van der Waals surface area contributed by atoms with Gasteiger partial charge < -0.3 is 20.9 Å². The van der Waals surface area contributed by atoms with Gasteiger partial charge in [-0.1, -0.05) is 19.1 Å². The maximum absolute atomic E-state index is 12.0. The Morgan fingerprint density at radius 1 is 1.33 bits per heavy atom. The van der Waals surface area contributed by atoms with Crippen LogP contribution in [0.5, 0.6) is 0 Å². The van der Waals surface area contributed by atoms with E-state index in [0.717, 1.165) is 26.1 Å². The van der Waals surface area contributed by atoms with Gasteiger partial charge in [-0.05, 0) is 18.6 Å². The summed E-state index contributed by atoms with van der Waals surface area (Å²) in [5.41, 5.74) is 8.31.